The van der Waals surface area contributed by atoms with Crippen molar-refractivity contribution in [3.8, 4) is 23.7 Å². The minimum absolute atomic E-state index is 0.663. The molecule has 0 saturated carbocycles. The first-order valence-corrected chi connectivity index (χ1v) is 6.03. The van der Waals surface area contributed by atoms with E-state index < -0.39 is 6.10 Å². The summed E-state index contributed by atoms with van der Waals surface area (Å²) in [6.07, 6.45) is 14.6. The van der Waals surface area contributed by atoms with Crippen LogP contribution in [0.15, 0.2) is 49.6 Å². The van der Waals surface area contributed by atoms with Gasteiger partial charge in [-0.2, -0.15) is 0 Å². The lowest BCUT2D eigenvalue weighted by Gasteiger charge is -1.86. The maximum atomic E-state index is 9.03. The van der Waals surface area contributed by atoms with Crippen LogP contribution < -0.4 is 0 Å². The van der Waals surface area contributed by atoms with Crippen LogP contribution in [-0.2, 0) is 0 Å². The summed E-state index contributed by atoms with van der Waals surface area (Å²) in [6.45, 7) is 7.09. The molecule has 0 aromatic heterocycles. The van der Waals surface area contributed by atoms with Crippen molar-refractivity contribution in [2.75, 3.05) is 0 Å². The molecule has 0 aliphatic heterocycles. The third-order valence-electron chi connectivity index (χ3n) is 1.98. The maximum Gasteiger partial charge on any atom is 0.134 e. The van der Waals surface area contributed by atoms with Gasteiger partial charge >= 0.3 is 0 Å². The molecule has 1 N–H and O–H groups in total. The van der Waals surface area contributed by atoms with Crippen molar-refractivity contribution in [2.45, 2.75) is 31.8 Å². The maximum absolute atomic E-state index is 9.03. The quantitative estimate of drug-likeness (QED) is 0.313. The zero-order valence-electron chi connectivity index (χ0n) is 10.7. The summed E-state index contributed by atoms with van der Waals surface area (Å²) >= 11 is 0. The molecule has 0 unspecified atom stereocenters. The second-order valence-corrected chi connectivity index (χ2v) is 3.53. The van der Waals surface area contributed by atoms with Crippen LogP contribution in [0.4, 0.5) is 0 Å². The Kier molecular flexibility index (Phi) is 11.7. The first kappa shape index (κ1) is 16.0. The Labute approximate surface area is 111 Å². The summed E-state index contributed by atoms with van der Waals surface area (Å²) in [7, 11) is 0. The van der Waals surface area contributed by atoms with Crippen LogP contribution in [0.25, 0.3) is 0 Å². The molecule has 0 heterocycles. The fourth-order valence-electron chi connectivity index (χ4n) is 1.02. The van der Waals surface area contributed by atoms with Crippen LogP contribution >= 0.6 is 0 Å². The molecule has 1 nitrogen and oxygen atoms in total. The van der Waals surface area contributed by atoms with Gasteiger partial charge in [0.05, 0.1) is 0 Å². The Hall–Kier alpha value is -1.96. The fourth-order valence-corrected chi connectivity index (χ4v) is 1.02. The molecule has 94 valence electrons. The number of unbranched alkanes of at least 4 members (excludes halogenated alkanes) is 2. The van der Waals surface area contributed by atoms with Crippen molar-refractivity contribution in [3.63, 3.8) is 0 Å². The summed E-state index contributed by atoms with van der Waals surface area (Å²) < 4.78 is 0. The standard InChI is InChI=1S/C17H20O/c1-3-5-6-7-8-9-10-11-12-13-14-15-16-17(18)4-2/h3-4,8-11,17-18H,1-2,5-7,12H2/b9-8-,11-10-/t17-/m1/s1. The lowest BCUT2D eigenvalue weighted by atomic mass is 10.2. The van der Waals surface area contributed by atoms with Crippen LogP contribution in [0.5, 0.6) is 0 Å². The average molecular weight is 240 g/mol. The fraction of sp³-hybridized carbons (Fsp3) is 0.294. The zero-order chi connectivity index (χ0) is 13.5. The zero-order valence-corrected chi connectivity index (χ0v) is 10.7. The molecule has 0 bridgehead atoms. The molecule has 0 aliphatic carbocycles. The van der Waals surface area contributed by atoms with Crippen LogP contribution in [0.2, 0.25) is 0 Å². The third kappa shape index (κ3) is 12.1. The van der Waals surface area contributed by atoms with E-state index in [0.29, 0.717) is 6.42 Å². The van der Waals surface area contributed by atoms with E-state index in [1.54, 1.807) is 0 Å². The molecule has 1 heteroatoms. The average Bonchev–Trinajstić information content (AvgIpc) is 2.39. The van der Waals surface area contributed by atoms with Gasteiger partial charge in [0.15, 0.2) is 0 Å². The van der Waals surface area contributed by atoms with Gasteiger partial charge in [0.2, 0.25) is 0 Å². The Bertz CT molecular complexity index is 404. The van der Waals surface area contributed by atoms with Crippen molar-refractivity contribution in [3.05, 3.63) is 49.6 Å². The van der Waals surface area contributed by atoms with Crippen LogP contribution in [-0.4, -0.2) is 11.2 Å². The Morgan fingerprint density at radius 3 is 2.56 bits per heavy atom. The summed E-state index contributed by atoms with van der Waals surface area (Å²) in [5.74, 6) is 10.6. The van der Waals surface area contributed by atoms with Gasteiger partial charge in [0.1, 0.15) is 6.10 Å². The highest BCUT2D eigenvalue weighted by Gasteiger charge is 1.83. The van der Waals surface area contributed by atoms with E-state index in [-0.39, 0.29) is 0 Å². The summed E-state index contributed by atoms with van der Waals surface area (Å²) in [5.41, 5.74) is 0. The van der Waals surface area contributed by atoms with Gasteiger partial charge in [-0.25, -0.2) is 0 Å². The van der Waals surface area contributed by atoms with Crippen molar-refractivity contribution < 1.29 is 5.11 Å². The Balaban J connectivity index is 3.70. The van der Waals surface area contributed by atoms with E-state index in [0.717, 1.165) is 19.3 Å². The monoisotopic (exact) mass is 240 g/mol. The predicted molar refractivity (Wildman–Crippen MR) is 78.7 cm³/mol. The Morgan fingerprint density at radius 2 is 1.83 bits per heavy atom. The van der Waals surface area contributed by atoms with Crippen LogP contribution in [0.1, 0.15) is 25.7 Å². The highest BCUT2D eigenvalue weighted by molar-refractivity contribution is 5.29. The highest BCUT2D eigenvalue weighted by Crippen LogP contribution is 1.96. The molecule has 0 aliphatic rings. The lowest BCUT2D eigenvalue weighted by Crippen LogP contribution is -1.94. The number of aliphatic hydroxyl groups excluding tert-OH is 1. The van der Waals surface area contributed by atoms with E-state index >= 15 is 0 Å². The number of hydrogen-bond donors (Lipinski definition) is 1. The summed E-state index contributed by atoms with van der Waals surface area (Å²) in [5, 5.41) is 9.03. The molecule has 1 atom stereocenters. The van der Waals surface area contributed by atoms with E-state index in [1.165, 1.54) is 6.08 Å². The van der Waals surface area contributed by atoms with Gasteiger partial charge < -0.3 is 5.11 Å². The van der Waals surface area contributed by atoms with Gasteiger partial charge in [-0.1, -0.05) is 54.9 Å². The second-order valence-electron chi connectivity index (χ2n) is 3.53. The Morgan fingerprint density at radius 1 is 1.06 bits per heavy atom. The third-order valence-corrected chi connectivity index (χ3v) is 1.98. The number of rotatable bonds is 7. The molecule has 0 saturated heterocycles. The number of aliphatic hydroxyl groups is 1. The largest absolute Gasteiger partial charge is 0.377 e. The molecule has 0 aromatic rings. The highest BCUT2D eigenvalue weighted by atomic mass is 16.3. The molecule has 0 fully saturated rings. The molecular formula is C17H20O. The minimum Gasteiger partial charge on any atom is -0.377 e. The van der Waals surface area contributed by atoms with E-state index in [4.69, 9.17) is 5.11 Å². The number of allylic oxidation sites excluding steroid dienone is 5. The van der Waals surface area contributed by atoms with Gasteiger partial charge in [0, 0.05) is 6.42 Å². The van der Waals surface area contributed by atoms with E-state index in [9.17, 15) is 0 Å². The van der Waals surface area contributed by atoms with Crippen LogP contribution in [0.3, 0.4) is 0 Å². The second kappa shape index (κ2) is 13.1. The molecule has 18 heavy (non-hydrogen) atoms. The van der Waals surface area contributed by atoms with E-state index in [1.807, 2.05) is 24.3 Å². The first-order chi connectivity index (χ1) is 8.81. The summed E-state index contributed by atoms with van der Waals surface area (Å²) in [6, 6.07) is 0. The molecule has 0 spiro atoms. The van der Waals surface area contributed by atoms with E-state index in [2.05, 4.69) is 42.9 Å². The van der Waals surface area contributed by atoms with Crippen molar-refractivity contribution in [1.29, 1.82) is 0 Å². The van der Waals surface area contributed by atoms with Crippen molar-refractivity contribution in [2.24, 2.45) is 0 Å². The molecule has 0 amide bonds. The first-order valence-electron chi connectivity index (χ1n) is 6.03. The molecule has 0 aromatic carbocycles. The van der Waals surface area contributed by atoms with Gasteiger partial charge in [-0.15, -0.1) is 6.58 Å². The smallest absolute Gasteiger partial charge is 0.134 e. The van der Waals surface area contributed by atoms with Crippen molar-refractivity contribution in [1.82, 2.24) is 0 Å². The predicted octanol–water partition coefficient (Wildman–Crippen LogP) is 3.40. The van der Waals surface area contributed by atoms with Gasteiger partial charge in [-0.3, -0.25) is 0 Å². The summed E-state index contributed by atoms with van der Waals surface area (Å²) in [4.78, 5) is 0. The van der Waals surface area contributed by atoms with Gasteiger partial charge in [-0.05, 0) is 31.1 Å². The molecular weight excluding hydrogens is 220 g/mol. The molecule has 0 rings (SSSR count). The van der Waals surface area contributed by atoms with Crippen molar-refractivity contribution >= 4 is 0 Å². The topological polar surface area (TPSA) is 20.2 Å². The van der Waals surface area contributed by atoms with Gasteiger partial charge in [0.25, 0.3) is 0 Å². The number of hydrogen-bond acceptors (Lipinski definition) is 1. The SMILES string of the molecule is C=CCCC/C=C\C=C/CC#CC#C[C@H](O)C=C. The lowest BCUT2D eigenvalue weighted by molar-refractivity contribution is 0.281. The minimum atomic E-state index is -0.784. The molecule has 0 radical (unpaired) electrons. The normalized spacial score (nSPS) is 11.4. The van der Waals surface area contributed by atoms with Crippen LogP contribution in [0, 0.1) is 23.7 Å².